The summed E-state index contributed by atoms with van der Waals surface area (Å²) in [5, 5.41) is 5.51. The zero-order chi connectivity index (χ0) is 19.9. The third-order valence-electron chi connectivity index (χ3n) is 4.36. The van der Waals surface area contributed by atoms with Crippen molar-refractivity contribution in [3.05, 3.63) is 83.3 Å². The average molecular weight is 378 g/mol. The van der Waals surface area contributed by atoms with Crippen LogP contribution in [0.15, 0.2) is 65.3 Å². The SMILES string of the molecule is Cc1cccc(OCC(=O)Nc2ccccc2C(=O)NCc2ccco2)c1C. The molecule has 0 unspecified atom stereocenters. The minimum absolute atomic E-state index is 0.146. The van der Waals surface area contributed by atoms with Crippen molar-refractivity contribution in [2.45, 2.75) is 20.4 Å². The lowest BCUT2D eigenvalue weighted by atomic mass is 10.1. The van der Waals surface area contributed by atoms with Gasteiger partial charge in [0.2, 0.25) is 0 Å². The summed E-state index contributed by atoms with van der Waals surface area (Å²) in [7, 11) is 0. The minimum Gasteiger partial charge on any atom is -0.483 e. The lowest BCUT2D eigenvalue weighted by Crippen LogP contribution is -2.26. The summed E-state index contributed by atoms with van der Waals surface area (Å²) in [5.41, 5.74) is 2.88. The summed E-state index contributed by atoms with van der Waals surface area (Å²) in [5.74, 6) is 0.673. The molecular weight excluding hydrogens is 356 g/mol. The molecule has 0 saturated carbocycles. The van der Waals surface area contributed by atoms with Gasteiger partial charge < -0.3 is 19.8 Å². The van der Waals surface area contributed by atoms with Gasteiger partial charge in [-0.2, -0.15) is 0 Å². The highest BCUT2D eigenvalue weighted by Crippen LogP contribution is 2.21. The Morgan fingerprint density at radius 2 is 1.82 bits per heavy atom. The number of rotatable bonds is 7. The summed E-state index contributed by atoms with van der Waals surface area (Å²) in [6.07, 6.45) is 1.55. The van der Waals surface area contributed by atoms with Gasteiger partial charge in [-0.05, 0) is 55.3 Å². The van der Waals surface area contributed by atoms with Gasteiger partial charge in [-0.25, -0.2) is 0 Å². The highest BCUT2D eigenvalue weighted by Gasteiger charge is 2.14. The van der Waals surface area contributed by atoms with E-state index in [1.807, 2.05) is 32.0 Å². The van der Waals surface area contributed by atoms with Gasteiger partial charge in [-0.15, -0.1) is 0 Å². The predicted octanol–water partition coefficient (Wildman–Crippen LogP) is 3.84. The molecule has 0 atom stereocenters. The van der Waals surface area contributed by atoms with Gasteiger partial charge in [-0.3, -0.25) is 9.59 Å². The van der Waals surface area contributed by atoms with Crippen LogP contribution in [0.25, 0.3) is 0 Å². The first-order valence-corrected chi connectivity index (χ1v) is 8.93. The van der Waals surface area contributed by atoms with E-state index in [-0.39, 0.29) is 25.0 Å². The largest absolute Gasteiger partial charge is 0.483 e. The normalized spacial score (nSPS) is 10.4. The number of aryl methyl sites for hydroxylation is 1. The Balaban J connectivity index is 1.61. The quantitative estimate of drug-likeness (QED) is 0.654. The molecule has 3 rings (SSSR count). The Hall–Kier alpha value is -3.54. The molecule has 6 nitrogen and oxygen atoms in total. The molecule has 0 aliphatic carbocycles. The van der Waals surface area contributed by atoms with Crippen LogP contribution in [-0.4, -0.2) is 18.4 Å². The standard InChI is InChI=1S/C22H22N2O4/c1-15-7-5-11-20(16(15)2)28-14-21(25)24-19-10-4-3-9-18(19)22(26)23-13-17-8-6-12-27-17/h3-12H,13-14H2,1-2H3,(H,23,26)(H,24,25). The van der Waals surface area contributed by atoms with E-state index in [1.54, 1.807) is 42.7 Å². The number of carbonyl (C=O) groups excluding carboxylic acids is 2. The molecular formula is C22H22N2O4. The van der Waals surface area contributed by atoms with Crippen LogP contribution in [-0.2, 0) is 11.3 Å². The monoisotopic (exact) mass is 378 g/mol. The van der Waals surface area contributed by atoms with E-state index < -0.39 is 0 Å². The minimum atomic E-state index is -0.341. The number of carbonyl (C=O) groups is 2. The Morgan fingerprint density at radius 1 is 1.00 bits per heavy atom. The van der Waals surface area contributed by atoms with E-state index in [0.717, 1.165) is 11.1 Å². The summed E-state index contributed by atoms with van der Waals surface area (Å²) in [4.78, 5) is 24.8. The fraction of sp³-hybridized carbons (Fsp3) is 0.182. The fourth-order valence-corrected chi connectivity index (χ4v) is 2.68. The van der Waals surface area contributed by atoms with Gasteiger partial charge in [0, 0.05) is 0 Å². The van der Waals surface area contributed by atoms with Crippen LogP contribution >= 0.6 is 0 Å². The zero-order valence-electron chi connectivity index (χ0n) is 15.8. The number of benzene rings is 2. The number of nitrogens with one attached hydrogen (secondary N) is 2. The molecule has 0 saturated heterocycles. The number of anilines is 1. The second-order valence-electron chi connectivity index (χ2n) is 6.34. The number of hydrogen-bond donors (Lipinski definition) is 2. The number of ether oxygens (including phenoxy) is 1. The first-order chi connectivity index (χ1) is 13.5. The number of hydrogen-bond acceptors (Lipinski definition) is 4. The molecule has 0 bridgehead atoms. The maximum absolute atomic E-state index is 12.5. The molecule has 1 aromatic heterocycles. The number of amides is 2. The van der Waals surface area contributed by atoms with E-state index in [4.69, 9.17) is 9.15 Å². The summed E-state index contributed by atoms with van der Waals surface area (Å²) in [6.45, 7) is 4.05. The highest BCUT2D eigenvalue weighted by atomic mass is 16.5. The Bertz CT molecular complexity index is 964. The van der Waals surface area contributed by atoms with E-state index in [0.29, 0.717) is 22.8 Å². The van der Waals surface area contributed by atoms with E-state index >= 15 is 0 Å². The smallest absolute Gasteiger partial charge is 0.262 e. The van der Waals surface area contributed by atoms with Crippen molar-refractivity contribution < 1.29 is 18.7 Å². The first-order valence-electron chi connectivity index (χ1n) is 8.93. The molecule has 0 radical (unpaired) electrons. The molecule has 0 fully saturated rings. The molecule has 0 aliphatic rings. The van der Waals surface area contributed by atoms with Gasteiger partial charge in [0.05, 0.1) is 24.1 Å². The number of furan rings is 1. The van der Waals surface area contributed by atoms with Crippen molar-refractivity contribution in [1.82, 2.24) is 5.32 Å². The molecule has 6 heteroatoms. The molecule has 0 aliphatic heterocycles. The molecule has 2 N–H and O–H groups in total. The summed E-state index contributed by atoms with van der Waals surface area (Å²) < 4.78 is 10.8. The number of para-hydroxylation sites is 1. The second-order valence-corrected chi connectivity index (χ2v) is 6.34. The molecule has 3 aromatic rings. The van der Waals surface area contributed by atoms with Crippen molar-refractivity contribution in [2.24, 2.45) is 0 Å². The molecule has 2 aromatic carbocycles. The van der Waals surface area contributed by atoms with Crippen molar-refractivity contribution in [1.29, 1.82) is 0 Å². The molecule has 2 amide bonds. The molecule has 28 heavy (non-hydrogen) atoms. The maximum atomic E-state index is 12.5. The van der Waals surface area contributed by atoms with E-state index in [9.17, 15) is 9.59 Å². The van der Waals surface area contributed by atoms with Crippen LogP contribution < -0.4 is 15.4 Å². The van der Waals surface area contributed by atoms with Crippen LogP contribution in [0.2, 0.25) is 0 Å². The van der Waals surface area contributed by atoms with Gasteiger partial charge in [0.1, 0.15) is 11.5 Å². The topological polar surface area (TPSA) is 80.6 Å². The van der Waals surface area contributed by atoms with Gasteiger partial charge in [0.15, 0.2) is 6.61 Å². The second kappa shape index (κ2) is 8.90. The highest BCUT2D eigenvalue weighted by molar-refractivity contribution is 6.04. The van der Waals surface area contributed by atoms with Crippen LogP contribution in [0.5, 0.6) is 5.75 Å². The summed E-state index contributed by atoms with van der Waals surface area (Å²) in [6, 6.07) is 16.1. The lowest BCUT2D eigenvalue weighted by Gasteiger charge is -2.13. The Morgan fingerprint density at radius 3 is 2.61 bits per heavy atom. The Labute approximate surface area is 163 Å². The lowest BCUT2D eigenvalue weighted by molar-refractivity contribution is -0.118. The molecule has 1 heterocycles. The third kappa shape index (κ3) is 4.79. The van der Waals surface area contributed by atoms with Crippen molar-refractivity contribution in [3.8, 4) is 5.75 Å². The van der Waals surface area contributed by atoms with Crippen molar-refractivity contribution in [3.63, 3.8) is 0 Å². The fourth-order valence-electron chi connectivity index (χ4n) is 2.68. The molecule has 144 valence electrons. The summed E-state index contributed by atoms with van der Waals surface area (Å²) >= 11 is 0. The maximum Gasteiger partial charge on any atom is 0.262 e. The van der Waals surface area contributed by atoms with Crippen LogP contribution in [0.1, 0.15) is 27.2 Å². The van der Waals surface area contributed by atoms with E-state index in [2.05, 4.69) is 10.6 Å². The first kappa shape index (κ1) is 19.2. The third-order valence-corrected chi connectivity index (χ3v) is 4.36. The van der Waals surface area contributed by atoms with Crippen molar-refractivity contribution >= 4 is 17.5 Å². The van der Waals surface area contributed by atoms with Crippen molar-refractivity contribution in [2.75, 3.05) is 11.9 Å². The Kier molecular flexibility index (Phi) is 6.11. The zero-order valence-corrected chi connectivity index (χ0v) is 15.8. The predicted molar refractivity (Wildman–Crippen MR) is 106 cm³/mol. The molecule has 0 spiro atoms. The van der Waals surface area contributed by atoms with Gasteiger partial charge in [-0.1, -0.05) is 24.3 Å². The average Bonchev–Trinajstić information content (AvgIpc) is 3.21. The van der Waals surface area contributed by atoms with Gasteiger partial charge in [0.25, 0.3) is 11.8 Å². The van der Waals surface area contributed by atoms with Crippen LogP contribution in [0, 0.1) is 13.8 Å². The van der Waals surface area contributed by atoms with Gasteiger partial charge >= 0.3 is 0 Å². The van der Waals surface area contributed by atoms with E-state index in [1.165, 1.54) is 0 Å². The van der Waals surface area contributed by atoms with Crippen LogP contribution in [0.4, 0.5) is 5.69 Å². The van der Waals surface area contributed by atoms with Crippen LogP contribution in [0.3, 0.4) is 0 Å².